The maximum Gasteiger partial charge on any atom is 0.341 e. The molecule has 6 nitrogen and oxygen atoms in total. The maximum absolute atomic E-state index is 12.4. The first-order valence-corrected chi connectivity index (χ1v) is 9.14. The molecule has 1 aromatic carbocycles. The molecule has 138 valence electrons. The minimum atomic E-state index is -1.15. The normalized spacial score (nSPS) is 16.2. The van der Waals surface area contributed by atoms with E-state index in [1.807, 2.05) is 0 Å². The summed E-state index contributed by atoms with van der Waals surface area (Å²) < 4.78 is 5.31. The molecule has 0 aliphatic heterocycles. The van der Waals surface area contributed by atoms with Crippen LogP contribution in [0.1, 0.15) is 61.2 Å². The number of hydrogen-bond acceptors (Lipinski definition) is 4. The lowest BCUT2D eigenvalue weighted by atomic mass is 9.88. The van der Waals surface area contributed by atoms with Crippen LogP contribution < -0.4 is 5.32 Å². The van der Waals surface area contributed by atoms with Gasteiger partial charge < -0.3 is 14.9 Å². The zero-order valence-corrected chi connectivity index (χ0v) is 15.3. The molecule has 26 heavy (non-hydrogen) atoms. The van der Waals surface area contributed by atoms with E-state index in [1.165, 1.54) is 0 Å². The number of aromatic carboxylic acids is 1. The lowest BCUT2D eigenvalue weighted by Crippen LogP contribution is -2.34. The number of nitrogens with zero attached hydrogens (tertiary/aromatic N) is 1. The van der Waals surface area contributed by atoms with E-state index in [1.54, 1.807) is 31.2 Å². The van der Waals surface area contributed by atoms with Crippen LogP contribution in [0.15, 0.2) is 28.8 Å². The monoisotopic (exact) mass is 376 g/mol. The van der Waals surface area contributed by atoms with Gasteiger partial charge in [0.05, 0.1) is 6.04 Å². The maximum atomic E-state index is 12.4. The Hall–Kier alpha value is -2.34. The zero-order chi connectivity index (χ0) is 18.7. The fourth-order valence-electron chi connectivity index (χ4n) is 3.37. The molecule has 1 aliphatic rings. The van der Waals surface area contributed by atoms with Crippen LogP contribution in [0, 0.1) is 5.92 Å². The van der Waals surface area contributed by atoms with E-state index in [9.17, 15) is 14.7 Å². The lowest BCUT2D eigenvalue weighted by molar-refractivity contribution is -0.126. The van der Waals surface area contributed by atoms with Crippen molar-refractivity contribution in [1.82, 2.24) is 10.5 Å². The van der Waals surface area contributed by atoms with Crippen LogP contribution in [-0.2, 0) is 4.79 Å². The Kier molecular flexibility index (Phi) is 5.61. The molecule has 1 atom stereocenters. The number of rotatable bonds is 5. The van der Waals surface area contributed by atoms with Crippen LogP contribution in [0.25, 0.3) is 11.3 Å². The summed E-state index contributed by atoms with van der Waals surface area (Å²) in [6, 6.07) is 6.10. The van der Waals surface area contributed by atoms with Gasteiger partial charge in [0.15, 0.2) is 5.76 Å². The number of carbonyl (C=O) groups is 2. The van der Waals surface area contributed by atoms with Crippen molar-refractivity contribution in [3.05, 3.63) is 40.6 Å². The van der Waals surface area contributed by atoms with E-state index < -0.39 is 12.0 Å². The highest BCUT2D eigenvalue weighted by Crippen LogP contribution is 2.31. The summed E-state index contributed by atoms with van der Waals surface area (Å²) in [5.41, 5.74) is 0.777. The second-order valence-corrected chi connectivity index (χ2v) is 7.08. The van der Waals surface area contributed by atoms with E-state index in [4.69, 9.17) is 16.1 Å². The van der Waals surface area contributed by atoms with Gasteiger partial charge in [-0.25, -0.2) is 4.79 Å². The number of benzene rings is 1. The van der Waals surface area contributed by atoms with E-state index >= 15 is 0 Å². The number of hydrogen-bond donors (Lipinski definition) is 2. The quantitative estimate of drug-likeness (QED) is 0.804. The number of carboxylic acids is 1. The number of carbonyl (C=O) groups excluding carboxylic acids is 1. The number of nitrogens with one attached hydrogen (secondary N) is 1. The van der Waals surface area contributed by atoms with Gasteiger partial charge in [-0.1, -0.05) is 48.2 Å². The molecule has 1 unspecified atom stereocenters. The van der Waals surface area contributed by atoms with Gasteiger partial charge in [-0.15, -0.1) is 0 Å². The van der Waals surface area contributed by atoms with E-state index in [2.05, 4.69) is 10.5 Å². The average molecular weight is 377 g/mol. The molecule has 2 aromatic rings. The fraction of sp³-hybridized carbons (Fsp3) is 0.421. The Morgan fingerprint density at radius 1 is 1.23 bits per heavy atom. The van der Waals surface area contributed by atoms with Crippen molar-refractivity contribution >= 4 is 23.5 Å². The summed E-state index contributed by atoms with van der Waals surface area (Å²) in [5, 5.41) is 17.0. The Bertz CT molecular complexity index is 794. The Labute approximate surface area is 156 Å². The van der Waals surface area contributed by atoms with Crippen molar-refractivity contribution in [3.63, 3.8) is 0 Å². The molecule has 1 saturated carbocycles. The zero-order valence-electron chi connectivity index (χ0n) is 14.5. The van der Waals surface area contributed by atoms with Crippen molar-refractivity contribution in [1.29, 1.82) is 0 Å². The molecule has 3 rings (SSSR count). The second kappa shape index (κ2) is 7.91. The lowest BCUT2D eigenvalue weighted by Gasteiger charge is -2.22. The van der Waals surface area contributed by atoms with E-state index in [0.29, 0.717) is 10.6 Å². The third-order valence-electron chi connectivity index (χ3n) is 4.78. The molecule has 0 spiro atoms. The van der Waals surface area contributed by atoms with Crippen molar-refractivity contribution in [2.45, 2.75) is 45.1 Å². The Balaban J connectivity index is 1.84. The molecular weight excluding hydrogens is 356 g/mol. The summed E-state index contributed by atoms with van der Waals surface area (Å²) in [6.07, 6.45) is 5.01. The van der Waals surface area contributed by atoms with Crippen LogP contribution in [0.3, 0.4) is 0 Å². The summed E-state index contributed by atoms with van der Waals surface area (Å²) in [6.45, 7) is 1.71. The molecule has 1 amide bonds. The van der Waals surface area contributed by atoms with Crippen LogP contribution in [0.5, 0.6) is 0 Å². The number of aromatic nitrogens is 1. The van der Waals surface area contributed by atoms with Gasteiger partial charge in [-0.3, -0.25) is 4.79 Å². The average Bonchev–Trinajstić information content (AvgIpc) is 3.08. The molecular formula is C19H21ClN2O4. The van der Waals surface area contributed by atoms with Crippen molar-refractivity contribution in [3.8, 4) is 11.3 Å². The molecule has 2 N–H and O–H groups in total. The Morgan fingerprint density at radius 3 is 2.50 bits per heavy atom. The van der Waals surface area contributed by atoms with E-state index in [-0.39, 0.29) is 28.8 Å². The number of halogens is 1. The number of carboxylic acid groups (broad SMARTS) is 1. The van der Waals surface area contributed by atoms with Crippen molar-refractivity contribution in [2.75, 3.05) is 0 Å². The van der Waals surface area contributed by atoms with Gasteiger partial charge in [0.2, 0.25) is 5.91 Å². The third-order valence-corrected chi connectivity index (χ3v) is 5.03. The summed E-state index contributed by atoms with van der Waals surface area (Å²) in [7, 11) is 0. The molecule has 0 saturated heterocycles. The van der Waals surface area contributed by atoms with Crippen LogP contribution in [-0.4, -0.2) is 22.1 Å². The van der Waals surface area contributed by atoms with Gasteiger partial charge in [0.1, 0.15) is 11.3 Å². The van der Waals surface area contributed by atoms with Crippen LogP contribution >= 0.6 is 11.6 Å². The predicted octanol–water partition coefficient (Wildman–Crippen LogP) is 4.45. The summed E-state index contributed by atoms with van der Waals surface area (Å²) >= 11 is 5.88. The summed E-state index contributed by atoms with van der Waals surface area (Å²) in [4.78, 5) is 24.2. The standard InChI is InChI=1S/C19H21ClN2O4/c1-11(21-18(23)13-5-3-2-4-6-13)17-15(19(24)25)16(22-26-17)12-7-9-14(20)10-8-12/h7-11,13H,2-6H2,1H3,(H,21,23)(H,24,25). The highest BCUT2D eigenvalue weighted by Gasteiger charge is 2.29. The van der Waals surface area contributed by atoms with Crippen molar-refractivity contribution < 1.29 is 19.2 Å². The highest BCUT2D eigenvalue weighted by atomic mass is 35.5. The first-order chi connectivity index (χ1) is 12.5. The molecule has 7 heteroatoms. The van der Waals surface area contributed by atoms with Gasteiger partial charge >= 0.3 is 5.97 Å². The number of amides is 1. The van der Waals surface area contributed by atoms with Gasteiger partial charge in [-0.2, -0.15) is 0 Å². The first kappa shape index (κ1) is 18.5. The molecule has 1 fully saturated rings. The molecule has 1 heterocycles. The molecule has 0 radical (unpaired) electrons. The second-order valence-electron chi connectivity index (χ2n) is 6.65. The first-order valence-electron chi connectivity index (χ1n) is 8.76. The smallest absolute Gasteiger partial charge is 0.341 e. The van der Waals surface area contributed by atoms with Gasteiger partial charge in [-0.05, 0) is 31.9 Å². The predicted molar refractivity (Wildman–Crippen MR) is 97.0 cm³/mol. The van der Waals surface area contributed by atoms with Gasteiger partial charge in [0, 0.05) is 16.5 Å². The molecule has 1 aromatic heterocycles. The largest absolute Gasteiger partial charge is 0.477 e. The minimum Gasteiger partial charge on any atom is -0.477 e. The third kappa shape index (κ3) is 3.90. The van der Waals surface area contributed by atoms with Gasteiger partial charge in [0.25, 0.3) is 0 Å². The topological polar surface area (TPSA) is 92.4 Å². The van der Waals surface area contributed by atoms with Crippen LogP contribution in [0.4, 0.5) is 0 Å². The summed E-state index contributed by atoms with van der Waals surface area (Å²) in [5.74, 6) is -1.08. The van der Waals surface area contributed by atoms with Crippen LogP contribution in [0.2, 0.25) is 5.02 Å². The highest BCUT2D eigenvalue weighted by molar-refractivity contribution is 6.30. The van der Waals surface area contributed by atoms with Crippen molar-refractivity contribution in [2.24, 2.45) is 5.92 Å². The SMILES string of the molecule is CC(NC(=O)C1CCCCC1)c1onc(-c2ccc(Cl)cc2)c1C(=O)O. The molecule has 1 aliphatic carbocycles. The Morgan fingerprint density at radius 2 is 1.88 bits per heavy atom. The van der Waals surface area contributed by atoms with E-state index in [0.717, 1.165) is 32.1 Å². The minimum absolute atomic E-state index is 0.0156. The fourth-order valence-corrected chi connectivity index (χ4v) is 3.50. The molecule has 0 bridgehead atoms.